The second-order valence-electron chi connectivity index (χ2n) is 7.75. The normalized spacial score (nSPS) is 16.0. The first-order valence-corrected chi connectivity index (χ1v) is 9.62. The zero-order valence-electron chi connectivity index (χ0n) is 15.8. The van der Waals surface area contributed by atoms with Crippen LogP contribution >= 0.6 is 0 Å². The molecule has 144 valence electrons. The fraction of sp³-hybridized carbons (Fsp3) is 0.227. The van der Waals surface area contributed by atoms with Crippen LogP contribution in [0.5, 0.6) is 17.4 Å². The molecule has 1 aromatic carbocycles. The standard InChI is InChI=1S/C22H18N4O3/c1-13-7-10-23-20-19(13)25-21(27)26(20)14-5-6-17(24-11-14)29-16-4-2-3-15-18(16)22(8-9-22)12-28-15/h2-7,10-11H,8-9,12H2,1H3,(H,25,27). The maximum absolute atomic E-state index is 12.5. The van der Waals surface area contributed by atoms with Gasteiger partial charge in [-0.3, -0.25) is 0 Å². The van der Waals surface area contributed by atoms with Gasteiger partial charge in [0.05, 0.1) is 24.0 Å². The lowest BCUT2D eigenvalue weighted by Gasteiger charge is -2.12. The van der Waals surface area contributed by atoms with Crippen molar-refractivity contribution in [3.63, 3.8) is 0 Å². The number of hydrogen-bond acceptors (Lipinski definition) is 5. The van der Waals surface area contributed by atoms with Crippen LogP contribution in [0.15, 0.2) is 53.6 Å². The fourth-order valence-corrected chi connectivity index (χ4v) is 4.12. The highest BCUT2D eigenvalue weighted by Gasteiger charge is 2.52. The van der Waals surface area contributed by atoms with Crippen LogP contribution < -0.4 is 15.2 Å². The van der Waals surface area contributed by atoms with E-state index in [-0.39, 0.29) is 11.1 Å². The maximum Gasteiger partial charge on any atom is 0.332 e. The van der Waals surface area contributed by atoms with Crippen molar-refractivity contribution in [2.75, 3.05) is 6.61 Å². The second-order valence-corrected chi connectivity index (χ2v) is 7.75. The summed E-state index contributed by atoms with van der Waals surface area (Å²) in [4.78, 5) is 24.1. The summed E-state index contributed by atoms with van der Waals surface area (Å²) in [5.41, 5.74) is 3.93. The van der Waals surface area contributed by atoms with Crippen LogP contribution in [0, 0.1) is 6.92 Å². The van der Waals surface area contributed by atoms with Crippen molar-refractivity contribution in [3.8, 4) is 23.1 Å². The SMILES string of the molecule is Cc1ccnc2c1[nH]c(=O)n2-c1ccc(Oc2cccc3c2C2(CC2)CO3)nc1. The third kappa shape index (κ3) is 2.40. The average molecular weight is 386 g/mol. The Morgan fingerprint density at radius 1 is 1.17 bits per heavy atom. The number of benzene rings is 1. The topological polar surface area (TPSA) is 82.0 Å². The van der Waals surface area contributed by atoms with E-state index in [0.717, 1.165) is 47.6 Å². The van der Waals surface area contributed by atoms with Crippen molar-refractivity contribution in [1.82, 2.24) is 19.5 Å². The Kier molecular flexibility index (Phi) is 3.21. The molecule has 4 aromatic rings. The van der Waals surface area contributed by atoms with Gasteiger partial charge in [-0.05, 0) is 49.6 Å². The van der Waals surface area contributed by atoms with Crippen LogP contribution in [0.25, 0.3) is 16.9 Å². The Hall–Kier alpha value is -3.61. The van der Waals surface area contributed by atoms with Gasteiger partial charge in [0.15, 0.2) is 5.65 Å². The number of rotatable bonds is 3. The van der Waals surface area contributed by atoms with Gasteiger partial charge in [-0.1, -0.05) is 6.07 Å². The summed E-state index contributed by atoms with van der Waals surface area (Å²) < 4.78 is 13.5. The number of fused-ring (bicyclic) bond motifs is 3. The Morgan fingerprint density at radius 2 is 2.07 bits per heavy atom. The molecular formula is C22H18N4O3. The molecule has 1 spiro atoms. The number of hydrogen-bond donors (Lipinski definition) is 1. The largest absolute Gasteiger partial charge is 0.492 e. The zero-order chi connectivity index (χ0) is 19.6. The highest BCUT2D eigenvalue weighted by molar-refractivity contribution is 5.76. The van der Waals surface area contributed by atoms with Gasteiger partial charge in [-0.25, -0.2) is 19.3 Å². The van der Waals surface area contributed by atoms with Crippen molar-refractivity contribution in [2.45, 2.75) is 25.2 Å². The quantitative estimate of drug-likeness (QED) is 0.581. The highest BCUT2D eigenvalue weighted by Crippen LogP contribution is 2.58. The van der Waals surface area contributed by atoms with Gasteiger partial charge in [0, 0.05) is 23.2 Å². The number of nitrogens with zero attached hydrogens (tertiary/aromatic N) is 3. The third-order valence-corrected chi connectivity index (χ3v) is 5.86. The molecule has 0 atom stereocenters. The average Bonchev–Trinajstić information content (AvgIpc) is 3.29. The van der Waals surface area contributed by atoms with E-state index in [1.807, 2.05) is 37.3 Å². The van der Waals surface area contributed by atoms with E-state index in [9.17, 15) is 4.79 Å². The molecule has 29 heavy (non-hydrogen) atoms. The van der Waals surface area contributed by atoms with Crippen molar-refractivity contribution < 1.29 is 9.47 Å². The number of H-pyrrole nitrogens is 1. The van der Waals surface area contributed by atoms with Crippen LogP contribution in [0.2, 0.25) is 0 Å². The van der Waals surface area contributed by atoms with E-state index < -0.39 is 0 Å². The van der Waals surface area contributed by atoms with E-state index in [0.29, 0.717) is 17.2 Å². The number of pyridine rings is 2. The lowest BCUT2D eigenvalue weighted by atomic mass is 9.97. The molecule has 7 nitrogen and oxygen atoms in total. The molecule has 2 aliphatic rings. The molecular weight excluding hydrogens is 368 g/mol. The summed E-state index contributed by atoms with van der Waals surface area (Å²) in [6.07, 6.45) is 5.57. The van der Waals surface area contributed by atoms with Gasteiger partial charge in [-0.15, -0.1) is 0 Å². The molecule has 0 radical (unpaired) electrons. The minimum atomic E-state index is -0.244. The second kappa shape index (κ2) is 5.70. The minimum Gasteiger partial charge on any atom is -0.492 e. The van der Waals surface area contributed by atoms with Crippen molar-refractivity contribution in [2.24, 2.45) is 0 Å². The third-order valence-electron chi connectivity index (χ3n) is 5.86. The molecule has 1 fully saturated rings. The van der Waals surface area contributed by atoms with Crippen molar-refractivity contribution >= 4 is 11.2 Å². The van der Waals surface area contributed by atoms with Crippen LogP contribution in [0.1, 0.15) is 24.0 Å². The molecule has 0 amide bonds. The Bertz CT molecular complexity index is 1320. The molecule has 0 bridgehead atoms. The Labute approximate surface area is 166 Å². The number of nitrogens with one attached hydrogen (secondary N) is 1. The summed E-state index contributed by atoms with van der Waals surface area (Å²) in [6.45, 7) is 2.67. The summed E-state index contributed by atoms with van der Waals surface area (Å²) in [7, 11) is 0. The number of aromatic amines is 1. The van der Waals surface area contributed by atoms with Gasteiger partial charge in [0.25, 0.3) is 0 Å². The molecule has 1 saturated carbocycles. The maximum atomic E-state index is 12.5. The smallest absolute Gasteiger partial charge is 0.332 e. The molecule has 7 heteroatoms. The zero-order valence-corrected chi connectivity index (χ0v) is 15.8. The van der Waals surface area contributed by atoms with Crippen molar-refractivity contribution in [3.05, 3.63) is 70.4 Å². The number of aromatic nitrogens is 4. The fourth-order valence-electron chi connectivity index (χ4n) is 4.12. The summed E-state index contributed by atoms with van der Waals surface area (Å²) >= 11 is 0. The Morgan fingerprint density at radius 3 is 2.86 bits per heavy atom. The van der Waals surface area contributed by atoms with E-state index >= 15 is 0 Å². The van der Waals surface area contributed by atoms with E-state index in [1.165, 1.54) is 4.57 Å². The summed E-state index contributed by atoms with van der Waals surface area (Å²) in [5.74, 6) is 2.17. The van der Waals surface area contributed by atoms with Crippen LogP contribution in [0.3, 0.4) is 0 Å². The van der Waals surface area contributed by atoms with E-state index in [4.69, 9.17) is 9.47 Å². The first-order chi connectivity index (χ1) is 14.1. The number of ether oxygens (including phenoxy) is 2. The van der Waals surface area contributed by atoms with Crippen LogP contribution in [-0.2, 0) is 5.41 Å². The summed E-state index contributed by atoms with van der Waals surface area (Å²) in [5, 5.41) is 0. The van der Waals surface area contributed by atoms with Crippen LogP contribution in [-0.4, -0.2) is 26.1 Å². The van der Waals surface area contributed by atoms with E-state index in [2.05, 4.69) is 15.0 Å². The summed E-state index contributed by atoms with van der Waals surface area (Å²) in [6, 6.07) is 11.3. The van der Waals surface area contributed by atoms with Crippen LogP contribution in [0.4, 0.5) is 0 Å². The molecule has 3 aromatic heterocycles. The van der Waals surface area contributed by atoms with Gasteiger partial charge in [-0.2, -0.15) is 0 Å². The molecule has 6 rings (SSSR count). The van der Waals surface area contributed by atoms with Gasteiger partial charge >= 0.3 is 5.69 Å². The Balaban J connectivity index is 1.36. The number of imidazole rings is 1. The lowest BCUT2D eigenvalue weighted by molar-refractivity contribution is 0.323. The molecule has 0 saturated heterocycles. The van der Waals surface area contributed by atoms with Gasteiger partial charge in [0.2, 0.25) is 5.88 Å². The lowest BCUT2D eigenvalue weighted by Crippen LogP contribution is -2.15. The first kappa shape index (κ1) is 16.4. The van der Waals surface area contributed by atoms with E-state index in [1.54, 1.807) is 18.5 Å². The molecule has 1 N–H and O–H groups in total. The minimum absolute atomic E-state index is 0.118. The first-order valence-electron chi connectivity index (χ1n) is 9.62. The molecule has 0 unspecified atom stereocenters. The molecule has 4 heterocycles. The molecule has 1 aliphatic heterocycles. The highest BCUT2D eigenvalue weighted by atomic mass is 16.5. The van der Waals surface area contributed by atoms with Crippen molar-refractivity contribution in [1.29, 1.82) is 0 Å². The predicted molar refractivity (Wildman–Crippen MR) is 107 cm³/mol. The predicted octanol–water partition coefficient (Wildman–Crippen LogP) is 3.63. The molecule has 1 aliphatic carbocycles. The monoisotopic (exact) mass is 386 g/mol. The number of aryl methyl sites for hydroxylation is 1. The van der Waals surface area contributed by atoms with Gasteiger partial charge in [0.1, 0.15) is 11.5 Å². The van der Waals surface area contributed by atoms with Gasteiger partial charge < -0.3 is 14.5 Å².